The van der Waals surface area contributed by atoms with Gasteiger partial charge in [-0.2, -0.15) is 0 Å². The van der Waals surface area contributed by atoms with Gasteiger partial charge >= 0.3 is 0 Å². The summed E-state index contributed by atoms with van der Waals surface area (Å²) in [5.41, 5.74) is 15.6. The maximum absolute atomic E-state index is 7.89. The molecule has 0 radical (unpaired) electrons. The molecule has 0 spiro atoms. The lowest BCUT2D eigenvalue weighted by molar-refractivity contribution is 0.128. The third-order valence-electron chi connectivity index (χ3n) is 0.659. The van der Waals surface area contributed by atoms with Gasteiger partial charge < -0.3 is 4.84 Å². The van der Waals surface area contributed by atoms with Crippen molar-refractivity contribution in [3.8, 4) is 0 Å². The molecule has 0 fully saturated rings. The minimum absolute atomic E-state index is 0.105. The molecule has 0 rings (SSSR count). The Morgan fingerprint density at radius 2 is 2.20 bits per heavy atom. The minimum Gasteiger partial charge on any atom is -0.433 e. The van der Waals surface area contributed by atoms with Crippen molar-refractivity contribution < 1.29 is 4.84 Å². The highest BCUT2D eigenvalue weighted by atomic mass is 16.6. The summed E-state index contributed by atoms with van der Waals surface area (Å²) < 4.78 is 0. The van der Waals surface area contributed by atoms with Crippen molar-refractivity contribution >= 4 is 0 Å². The molecule has 0 aliphatic rings. The molecular formula is C3H6N6O. The Morgan fingerprint density at radius 1 is 1.50 bits per heavy atom. The van der Waals surface area contributed by atoms with Gasteiger partial charge in [0.2, 0.25) is 0 Å². The fourth-order valence-corrected chi connectivity index (χ4v) is 0.289. The van der Waals surface area contributed by atoms with E-state index in [-0.39, 0.29) is 12.6 Å². The molecule has 7 nitrogen and oxygen atoms in total. The number of hydrogen-bond donors (Lipinski definition) is 0. The lowest BCUT2D eigenvalue weighted by Gasteiger charge is -1.98. The summed E-state index contributed by atoms with van der Waals surface area (Å²) in [6.07, 6.45) is 0. The Labute approximate surface area is 56.8 Å². The van der Waals surface area contributed by atoms with Crippen LogP contribution >= 0.6 is 0 Å². The predicted molar refractivity (Wildman–Crippen MR) is 33.7 cm³/mol. The van der Waals surface area contributed by atoms with E-state index in [4.69, 9.17) is 11.1 Å². The molecule has 0 aromatic carbocycles. The van der Waals surface area contributed by atoms with Crippen LogP contribution in [0.15, 0.2) is 10.4 Å². The molecule has 54 valence electrons. The van der Waals surface area contributed by atoms with E-state index in [1.54, 1.807) is 6.92 Å². The third kappa shape index (κ3) is 4.58. The number of nitrogens with zero attached hydrogens (tertiary/aromatic N) is 6. The van der Waals surface area contributed by atoms with Gasteiger partial charge in [-0.25, -0.2) is 0 Å². The molecule has 1 atom stereocenters. The molecule has 0 saturated carbocycles. The van der Waals surface area contributed by atoms with Crippen LogP contribution in [0, 0.1) is 0 Å². The average molecular weight is 142 g/mol. The van der Waals surface area contributed by atoms with E-state index in [0.29, 0.717) is 0 Å². The van der Waals surface area contributed by atoms with Crippen LogP contribution in [0.2, 0.25) is 0 Å². The summed E-state index contributed by atoms with van der Waals surface area (Å²) in [6.45, 7) is 1.75. The zero-order valence-electron chi connectivity index (χ0n) is 5.38. The average Bonchev–Trinajstić information content (AvgIpc) is 1.89. The molecule has 0 bridgehead atoms. The summed E-state index contributed by atoms with van der Waals surface area (Å²) in [5.74, 6) is 0. The van der Waals surface area contributed by atoms with Crippen LogP contribution in [0.4, 0.5) is 0 Å². The van der Waals surface area contributed by atoms with Gasteiger partial charge in [0.15, 0.2) is 0 Å². The SMILES string of the molecule is CC(CON=[N+]=[N-])N=[N+]=[N-]. The maximum Gasteiger partial charge on any atom is 0.111 e. The Hall–Kier alpha value is -1.58. The van der Waals surface area contributed by atoms with Crippen molar-refractivity contribution in [1.29, 1.82) is 0 Å². The van der Waals surface area contributed by atoms with Crippen LogP contribution in [0.1, 0.15) is 6.92 Å². The molecule has 0 saturated heterocycles. The molecule has 10 heavy (non-hydrogen) atoms. The lowest BCUT2D eigenvalue weighted by Crippen LogP contribution is -2.04. The summed E-state index contributed by atoms with van der Waals surface area (Å²) in [5, 5.41) is 6.06. The van der Waals surface area contributed by atoms with E-state index in [9.17, 15) is 0 Å². The second kappa shape index (κ2) is 5.55. The molecule has 0 amide bonds. The van der Waals surface area contributed by atoms with Gasteiger partial charge in [0, 0.05) is 9.82 Å². The van der Waals surface area contributed by atoms with E-state index in [1.165, 1.54) is 0 Å². The molecule has 0 N–H and O–H groups in total. The minimum atomic E-state index is -0.310. The third-order valence-corrected chi connectivity index (χ3v) is 0.659. The van der Waals surface area contributed by atoms with E-state index in [1.807, 2.05) is 0 Å². The van der Waals surface area contributed by atoms with Gasteiger partial charge in [0.25, 0.3) is 0 Å². The molecule has 7 heteroatoms. The molecule has 0 aromatic heterocycles. The monoisotopic (exact) mass is 142 g/mol. The highest BCUT2D eigenvalue weighted by Gasteiger charge is 1.95. The predicted octanol–water partition coefficient (Wildman–Crippen LogP) is 1.93. The lowest BCUT2D eigenvalue weighted by atomic mass is 10.4. The van der Waals surface area contributed by atoms with Gasteiger partial charge in [-0.1, -0.05) is 12.0 Å². The Morgan fingerprint density at radius 3 is 2.70 bits per heavy atom. The Balaban J connectivity index is 3.48. The van der Waals surface area contributed by atoms with E-state index in [0.717, 1.165) is 0 Å². The fraction of sp³-hybridized carbons (Fsp3) is 1.00. The number of azide groups is 2. The van der Waals surface area contributed by atoms with Gasteiger partial charge in [-0.3, -0.25) is 0 Å². The summed E-state index contributed by atoms with van der Waals surface area (Å²) in [4.78, 5) is 9.20. The van der Waals surface area contributed by atoms with Crippen molar-refractivity contribution in [3.05, 3.63) is 20.9 Å². The van der Waals surface area contributed by atoms with E-state index in [2.05, 4.69) is 25.1 Å². The fourth-order valence-electron chi connectivity index (χ4n) is 0.289. The molecular weight excluding hydrogens is 136 g/mol. The Kier molecular flexibility index (Phi) is 4.68. The van der Waals surface area contributed by atoms with Gasteiger partial charge in [-0.15, -0.1) is 0 Å². The van der Waals surface area contributed by atoms with Crippen molar-refractivity contribution in [2.75, 3.05) is 6.61 Å². The molecule has 0 aromatic rings. The summed E-state index contributed by atoms with van der Waals surface area (Å²) >= 11 is 0. The largest absolute Gasteiger partial charge is 0.433 e. The molecule has 0 aliphatic heterocycles. The van der Waals surface area contributed by atoms with Crippen LogP contribution in [0.3, 0.4) is 0 Å². The Bertz CT molecular complexity index is 177. The second-order valence-electron chi connectivity index (χ2n) is 1.52. The van der Waals surface area contributed by atoms with Crippen molar-refractivity contribution in [2.45, 2.75) is 13.0 Å². The van der Waals surface area contributed by atoms with Crippen LogP contribution in [-0.4, -0.2) is 12.6 Å². The van der Waals surface area contributed by atoms with Crippen molar-refractivity contribution in [3.63, 3.8) is 0 Å². The van der Waals surface area contributed by atoms with Crippen LogP contribution in [0.5, 0.6) is 0 Å². The van der Waals surface area contributed by atoms with Crippen molar-refractivity contribution in [2.24, 2.45) is 10.4 Å². The standard InChI is InChI=1S/C3H6N6O/c1-3(6-7-4)2-10-9-8-5/h3H,2H2,1H3. The summed E-state index contributed by atoms with van der Waals surface area (Å²) in [6, 6.07) is -0.310. The first-order chi connectivity index (χ1) is 4.81. The number of rotatable bonds is 4. The van der Waals surface area contributed by atoms with E-state index < -0.39 is 0 Å². The first kappa shape index (κ1) is 8.42. The van der Waals surface area contributed by atoms with Gasteiger partial charge in [0.05, 0.1) is 6.04 Å². The van der Waals surface area contributed by atoms with Crippen molar-refractivity contribution in [1.82, 2.24) is 0 Å². The van der Waals surface area contributed by atoms with Crippen LogP contribution in [0.25, 0.3) is 20.9 Å². The molecule has 0 aliphatic carbocycles. The molecule has 0 heterocycles. The highest BCUT2D eigenvalue weighted by molar-refractivity contribution is 4.57. The smallest absolute Gasteiger partial charge is 0.111 e. The first-order valence-electron chi connectivity index (χ1n) is 2.52. The topological polar surface area (TPSA) is 107 Å². The van der Waals surface area contributed by atoms with Gasteiger partial charge in [-0.05, 0) is 11.1 Å². The normalized spacial score (nSPS) is 10.5. The quantitative estimate of drug-likeness (QED) is 0.254. The number of hydrogen-bond acceptors (Lipinski definition) is 3. The molecule has 1 unspecified atom stereocenters. The second-order valence-corrected chi connectivity index (χ2v) is 1.52. The van der Waals surface area contributed by atoms with Crippen LogP contribution < -0.4 is 0 Å². The van der Waals surface area contributed by atoms with E-state index >= 15 is 0 Å². The highest BCUT2D eigenvalue weighted by Crippen LogP contribution is 1.90. The van der Waals surface area contributed by atoms with Gasteiger partial charge in [0.1, 0.15) is 11.9 Å². The zero-order valence-corrected chi connectivity index (χ0v) is 5.38. The summed E-state index contributed by atoms with van der Waals surface area (Å²) in [7, 11) is 0. The zero-order chi connectivity index (χ0) is 7.82. The maximum atomic E-state index is 7.89. The van der Waals surface area contributed by atoms with Crippen LogP contribution in [-0.2, 0) is 4.84 Å². The first-order valence-corrected chi connectivity index (χ1v) is 2.52.